The van der Waals surface area contributed by atoms with E-state index in [0.717, 1.165) is 5.56 Å². The predicted molar refractivity (Wildman–Crippen MR) is 143 cm³/mol. The molecule has 5 atom stereocenters. The molecule has 0 aliphatic carbocycles. The summed E-state index contributed by atoms with van der Waals surface area (Å²) in [5.41, 5.74) is 0.675. The van der Waals surface area contributed by atoms with E-state index < -0.39 is 35.3 Å². The van der Waals surface area contributed by atoms with Gasteiger partial charge in [-0.3, -0.25) is 9.59 Å². The Morgan fingerprint density at radius 3 is 2.45 bits per heavy atom. The van der Waals surface area contributed by atoms with Crippen LogP contribution in [0.1, 0.15) is 59.4 Å². The van der Waals surface area contributed by atoms with Crippen LogP contribution in [-0.4, -0.2) is 56.5 Å². The monoisotopic (exact) mass is 530 g/mol. The van der Waals surface area contributed by atoms with Gasteiger partial charge in [0.25, 0.3) is 0 Å². The van der Waals surface area contributed by atoms with Crippen LogP contribution < -0.4 is 0 Å². The molecule has 0 aromatic heterocycles. The number of hydrogen-bond acceptors (Lipinski definition) is 8. The number of esters is 2. The summed E-state index contributed by atoms with van der Waals surface area (Å²) in [6.07, 6.45) is 4.54. The van der Waals surface area contributed by atoms with Crippen LogP contribution in [0.15, 0.2) is 54.1 Å². The maximum atomic E-state index is 12.5. The molecule has 1 unspecified atom stereocenters. The summed E-state index contributed by atoms with van der Waals surface area (Å²) < 4.78 is 29.6. The largest absolute Gasteiger partial charge is 0.466 e. The molecule has 0 spiro atoms. The van der Waals surface area contributed by atoms with Crippen LogP contribution in [0.5, 0.6) is 0 Å². The molecule has 210 valence electrons. The van der Waals surface area contributed by atoms with Crippen LogP contribution in [0.25, 0.3) is 0 Å². The summed E-state index contributed by atoms with van der Waals surface area (Å²) in [6, 6.07) is 9.96. The van der Waals surface area contributed by atoms with Crippen molar-refractivity contribution in [2.45, 2.75) is 84.6 Å². The molecule has 2 rings (SSSR count). The highest BCUT2D eigenvalue weighted by atomic mass is 16.7. The lowest BCUT2D eigenvalue weighted by atomic mass is 9.73. The van der Waals surface area contributed by atoms with E-state index in [9.17, 15) is 14.4 Å². The number of rotatable bonds is 13. The van der Waals surface area contributed by atoms with Crippen molar-refractivity contribution >= 4 is 18.2 Å². The Labute approximate surface area is 226 Å². The zero-order valence-corrected chi connectivity index (χ0v) is 23.6. The van der Waals surface area contributed by atoms with Crippen molar-refractivity contribution in [3.05, 3.63) is 59.7 Å². The number of benzene rings is 1. The Bertz CT molecular complexity index is 983. The van der Waals surface area contributed by atoms with E-state index in [0.29, 0.717) is 31.3 Å². The first kappa shape index (κ1) is 31.4. The quantitative estimate of drug-likeness (QED) is 0.201. The van der Waals surface area contributed by atoms with Crippen molar-refractivity contribution in [1.29, 1.82) is 0 Å². The van der Waals surface area contributed by atoms with Crippen molar-refractivity contribution in [2.24, 2.45) is 11.3 Å². The summed E-state index contributed by atoms with van der Waals surface area (Å²) in [4.78, 5) is 36.0. The van der Waals surface area contributed by atoms with Crippen molar-refractivity contribution < 1.29 is 38.1 Å². The second-order valence-electron chi connectivity index (χ2n) is 10.2. The molecule has 0 N–H and O–H groups in total. The lowest BCUT2D eigenvalue weighted by molar-refractivity contribution is -0.337. The minimum absolute atomic E-state index is 0.0811. The maximum Gasteiger partial charge on any atom is 0.330 e. The molecule has 0 saturated carbocycles. The molecule has 0 amide bonds. The molecule has 1 heterocycles. The zero-order chi connectivity index (χ0) is 28.3. The van der Waals surface area contributed by atoms with E-state index in [-0.39, 0.29) is 18.4 Å². The van der Waals surface area contributed by atoms with Gasteiger partial charge in [0.05, 0.1) is 25.9 Å². The Balaban J connectivity index is 2.42. The van der Waals surface area contributed by atoms with E-state index >= 15 is 0 Å². The number of methoxy groups -OCH3 is 2. The van der Waals surface area contributed by atoms with Gasteiger partial charge in [0, 0.05) is 25.0 Å². The Hall–Kier alpha value is -2.81. The standard InChI is InChI=1S/C30H42O8/c1-8-26(32)37-28-24(19-27(33)34-6)18-25(38-30(28,35-7)29(4,5)15-12-16-31)17-21(2)22(3)36-20-23-13-10-9-11-14-23/h9-16,19,21-22,25,28H,8,17-18,20H2,1-7H3/b15-12+,24-19+/t21-,22-,25?,28+,30-/m1/s1. The molecule has 1 fully saturated rings. The van der Waals surface area contributed by atoms with Gasteiger partial charge < -0.3 is 23.7 Å². The molecule has 1 aromatic rings. The van der Waals surface area contributed by atoms with Crippen LogP contribution >= 0.6 is 0 Å². The third-order valence-corrected chi connectivity index (χ3v) is 7.11. The highest BCUT2D eigenvalue weighted by molar-refractivity contribution is 5.83. The number of allylic oxidation sites excluding steroid dienone is 1. The van der Waals surface area contributed by atoms with Crippen LogP contribution in [0.2, 0.25) is 0 Å². The third kappa shape index (κ3) is 7.85. The first-order valence-electron chi connectivity index (χ1n) is 13.0. The second kappa shape index (κ2) is 14.4. The highest BCUT2D eigenvalue weighted by Crippen LogP contribution is 2.48. The lowest BCUT2D eigenvalue weighted by Crippen LogP contribution is -2.63. The summed E-state index contributed by atoms with van der Waals surface area (Å²) in [6.45, 7) is 9.94. The number of carbonyl (C=O) groups is 3. The van der Waals surface area contributed by atoms with Gasteiger partial charge in [0.2, 0.25) is 5.79 Å². The average molecular weight is 531 g/mol. The van der Waals surface area contributed by atoms with E-state index in [2.05, 4.69) is 6.92 Å². The van der Waals surface area contributed by atoms with Gasteiger partial charge in [-0.1, -0.05) is 64.1 Å². The third-order valence-electron chi connectivity index (χ3n) is 7.11. The summed E-state index contributed by atoms with van der Waals surface area (Å²) in [5.74, 6) is -2.48. The van der Waals surface area contributed by atoms with Gasteiger partial charge in [0.15, 0.2) is 6.10 Å². The van der Waals surface area contributed by atoms with Gasteiger partial charge >= 0.3 is 11.9 Å². The minimum atomic E-state index is -1.52. The van der Waals surface area contributed by atoms with Crippen molar-refractivity contribution in [3.8, 4) is 0 Å². The molecular formula is C30H42O8. The Morgan fingerprint density at radius 1 is 1.18 bits per heavy atom. The minimum Gasteiger partial charge on any atom is -0.466 e. The maximum absolute atomic E-state index is 12.5. The van der Waals surface area contributed by atoms with Crippen LogP contribution in [0.3, 0.4) is 0 Å². The van der Waals surface area contributed by atoms with E-state index in [1.165, 1.54) is 26.4 Å². The lowest BCUT2D eigenvalue weighted by Gasteiger charge is -2.53. The number of ether oxygens (including phenoxy) is 5. The topological polar surface area (TPSA) is 97.4 Å². The van der Waals surface area contributed by atoms with Crippen molar-refractivity contribution in [1.82, 2.24) is 0 Å². The molecule has 8 nitrogen and oxygen atoms in total. The van der Waals surface area contributed by atoms with Gasteiger partial charge in [-0.15, -0.1) is 0 Å². The first-order chi connectivity index (χ1) is 18.0. The normalized spacial score (nSPS) is 24.7. The Kier molecular flexibility index (Phi) is 11.9. The number of hydrogen-bond donors (Lipinski definition) is 0. The summed E-state index contributed by atoms with van der Waals surface area (Å²) >= 11 is 0. The van der Waals surface area contributed by atoms with Crippen LogP contribution in [0.4, 0.5) is 0 Å². The fraction of sp³-hybridized carbons (Fsp3) is 0.567. The van der Waals surface area contributed by atoms with Crippen LogP contribution in [0, 0.1) is 11.3 Å². The van der Waals surface area contributed by atoms with Crippen LogP contribution in [-0.2, 0) is 44.7 Å². The molecule has 1 aromatic carbocycles. The van der Waals surface area contributed by atoms with Gasteiger partial charge in [0.1, 0.15) is 6.29 Å². The van der Waals surface area contributed by atoms with Gasteiger partial charge in [-0.2, -0.15) is 0 Å². The average Bonchev–Trinajstić information content (AvgIpc) is 2.91. The smallest absolute Gasteiger partial charge is 0.330 e. The molecule has 0 bridgehead atoms. The molecule has 0 radical (unpaired) electrons. The van der Waals surface area contributed by atoms with E-state index in [4.69, 9.17) is 23.7 Å². The molecule has 1 aliphatic rings. The predicted octanol–water partition coefficient (Wildman–Crippen LogP) is 4.95. The zero-order valence-electron chi connectivity index (χ0n) is 23.6. The number of carbonyl (C=O) groups excluding carboxylic acids is 3. The molecule has 1 aliphatic heterocycles. The highest BCUT2D eigenvalue weighted by Gasteiger charge is 2.59. The molecule has 38 heavy (non-hydrogen) atoms. The van der Waals surface area contributed by atoms with Crippen molar-refractivity contribution in [3.63, 3.8) is 0 Å². The SMILES string of the molecule is CCC(=O)O[C@H]1/C(=C/C(=O)OC)CC(C[C@@H](C)[C@@H](C)OCc2ccccc2)O[C@@]1(OC)C(C)(C)/C=C/C=O. The van der Waals surface area contributed by atoms with Gasteiger partial charge in [-0.25, -0.2) is 4.79 Å². The molecule has 8 heteroatoms. The molecular weight excluding hydrogens is 488 g/mol. The fourth-order valence-electron chi connectivity index (χ4n) is 4.69. The molecule has 1 saturated heterocycles. The first-order valence-corrected chi connectivity index (χ1v) is 13.0. The summed E-state index contributed by atoms with van der Waals surface area (Å²) in [7, 11) is 2.76. The van der Waals surface area contributed by atoms with E-state index in [1.54, 1.807) is 13.0 Å². The second-order valence-corrected chi connectivity index (χ2v) is 10.2. The van der Waals surface area contributed by atoms with Crippen molar-refractivity contribution in [2.75, 3.05) is 14.2 Å². The summed E-state index contributed by atoms with van der Waals surface area (Å²) in [5, 5.41) is 0. The number of aldehydes is 1. The van der Waals surface area contributed by atoms with E-state index in [1.807, 2.05) is 51.1 Å². The van der Waals surface area contributed by atoms with Gasteiger partial charge in [-0.05, 0) is 42.9 Å². The Morgan fingerprint density at radius 2 is 1.87 bits per heavy atom. The fourth-order valence-corrected chi connectivity index (χ4v) is 4.69.